The first-order valence-electron chi connectivity index (χ1n) is 17.4. The van der Waals surface area contributed by atoms with Gasteiger partial charge in [0.25, 0.3) is 0 Å². The number of para-hydroxylation sites is 4. The molecule has 11 rings (SSSR count). The van der Waals surface area contributed by atoms with Crippen LogP contribution in [0.3, 0.4) is 0 Å². The number of ether oxygens (including phenoxy) is 1. The van der Waals surface area contributed by atoms with E-state index in [0.29, 0.717) is 0 Å². The van der Waals surface area contributed by atoms with Gasteiger partial charge in [0.1, 0.15) is 0 Å². The van der Waals surface area contributed by atoms with Crippen molar-refractivity contribution in [2.45, 2.75) is 0 Å². The number of hydrogen-bond donors (Lipinski definition) is 0. The summed E-state index contributed by atoms with van der Waals surface area (Å²) in [5.41, 5.74) is 8.86. The van der Waals surface area contributed by atoms with Crippen molar-refractivity contribution in [2.24, 2.45) is 0 Å². The maximum absolute atomic E-state index is 6.94. The molecular formula is C48H30N2O. The average molecular weight is 651 g/mol. The number of benzene rings is 9. The topological polar surface area (TPSA) is 17.4 Å². The van der Waals surface area contributed by atoms with Crippen molar-refractivity contribution in [1.82, 2.24) is 4.57 Å². The second kappa shape index (κ2) is 10.8. The van der Waals surface area contributed by atoms with Crippen LogP contribution < -0.4 is 9.64 Å². The largest absolute Gasteiger partial charge is 0.452 e. The minimum absolute atomic E-state index is 0.840. The SMILES string of the molecule is c1ccc(N2c3ccccc3Oc3c2ccc2c3c3cc(-c4ccc5c6ccccc6c6ccccc6c5c4)ccc3n2-c2ccccc2)cc1. The highest BCUT2D eigenvalue weighted by atomic mass is 16.5. The van der Waals surface area contributed by atoms with Crippen LogP contribution in [0.4, 0.5) is 17.1 Å². The van der Waals surface area contributed by atoms with Crippen LogP contribution in [0, 0.1) is 0 Å². The maximum atomic E-state index is 6.94. The Labute approximate surface area is 294 Å². The Morgan fingerprint density at radius 3 is 1.59 bits per heavy atom. The molecule has 0 unspecified atom stereocenters. The Kier molecular flexibility index (Phi) is 5.96. The molecule has 0 saturated heterocycles. The normalized spacial score (nSPS) is 12.4. The van der Waals surface area contributed by atoms with Crippen molar-refractivity contribution in [3.05, 3.63) is 182 Å². The van der Waals surface area contributed by atoms with E-state index in [9.17, 15) is 0 Å². The summed E-state index contributed by atoms with van der Waals surface area (Å²) in [7, 11) is 0. The third-order valence-corrected chi connectivity index (χ3v) is 10.5. The van der Waals surface area contributed by atoms with Gasteiger partial charge in [-0.3, -0.25) is 0 Å². The monoisotopic (exact) mass is 650 g/mol. The fourth-order valence-corrected chi connectivity index (χ4v) is 8.29. The van der Waals surface area contributed by atoms with Crippen LogP contribution in [0.5, 0.6) is 11.5 Å². The van der Waals surface area contributed by atoms with Crippen LogP contribution in [-0.2, 0) is 0 Å². The van der Waals surface area contributed by atoms with Crippen molar-refractivity contribution in [2.75, 3.05) is 4.90 Å². The summed E-state index contributed by atoms with van der Waals surface area (Å²) in [5, 5.41) is 9.93. The zero-order valence-electron chi connectivity index (χ0n) is 27.6. The van der Waals surface area contributed by atoms with E-state index >= 15 is 0 Å². The van der Waals surface area contributed by atoms with Crippen LogP contribution in [0.2, 0.25) is 0 Å². The highest BCUT2D eigenvalue weighted by molar-refractivity contribution is 6.26. The van der Waals surface area contributed by atoms with Crippen LogP contribution in [0.1, 0.15) is 0 Å². The molecule has 1 aliphatic heterocycles. The molecule has 0 amide bonds. The van der Waals surface area contributed by atoms with E-state index in [1.54, 1.807) is 0 Å². The first kappa shape index (κ1) is 28.0. The number of fused-ring (bicyclic) bond motifs is 12. The van der Waals surface area contributed by atoms with Crippen molar-refractivity contribution in [1.29, 1.82) is 0 Å². The lowest BCUT2D eigenvalue weighted by Gasteiger charge is -2.33. The minimum Gasteiger partial charge on any atom is -0.452 e. The number of nitrogens with zero attached hydrogens (tertiary/aromatic N) is 2. The van der Waals surface area contributed by atoms with Gasteiger partial charge in [-0.25, -0.2) is 0 Å². The number of aromatic nitrogens is 1. The van der Waals surface area contributed by atoms with Crippen LogP contribution in [0.15, 0.2) is 182 Å². The minimum atomic E-state index is 0.840. The third-order valence-electron chi connectivity index (χ3n) is 10.5. The van der Waals surface area contributed by atoms with E-state index in [-0.39, 0.29) is 0 Å². The third kappa shape index (κ3) is 4.12. The molecule has 9 aromatic carbocycles. The lowest BCUT2D eigenvalue weighted by atomic mass is 9.92. The summed E-state index contributed by atoms with van der Waals surface area (Å²) >= 11 is 0. The molecule has 1 aromatic heterocycles. The van der Waals surface area contributed by atoms with E-state index in [1.165, 1.54) is 43.4 Å². The molecule has 0 radical (unpaired) electrons. The molecule has 2 heterocycles. The Morgan fingerprint density at radius 2 is 0.882 bits per heavy atom. The first-order valence-corrected chi connectivity index (χ1v) is 17.4. The predicted octanol–water partition coefficient (Wildman–Crippen LogP) is 13.5. The summed E-state index contributed by atoms with van der Waals surface area (Å²) < 4.78 is 9.30. The van der Waals surface area contributed by atoms with Gasteiger partial charge in [0.2, 0.25) is 0 Å². The second-order valence-corrected chi connectivity index (χ2v) is 13.3. The molecule has 0 atom stereocenters. The highest BCUT2D eigenvalue weighted by Gasteiger charge is 2.29. The van der Waals surface area contributed by atoms with E-state index in [4.69, 9.17) is 4.74 Å². The molecule has 0 bridgehead atoms. The molecule has 0 saturated carbocycles. The van der Waals surface area contributed by atoms with Crippen molar-refractivity contribution >= 4 is 71.2 Å². The number of hydrogen-bond acceptors (Lipinski definition) is 2. The van der Waals surface area contributed by atoms with Gasteiger partial charge in [0, 0.05) is 16.8 Å². The lowest BCUT2D eigenvalue weighted by molar-refractivity contribution is 0.483. The molecule has 3 heteroatoms. The maximum Gasteiger partial charge on any atom is 0.161 e. The quantitative estimate of drug-likeness (QED) is 0.177. The van der Waals surface area contributed by atoms with Gasteiger partial charge in [0.05, 0.1) is 27.8 Å². The van der Waals surface area contributed by atoms with E-state index < -0.39 is 0 Å². The van der Waals surface area contributed by atoms with E-state index in [1.807, 2.05) is 6.07 Å². The van der Waals surface area contributed by atoms with E-state index in [0.717, 1.165) is 56.1 Å². The number of rotatable bonds is 3. The summed E-state index contributed by atoms with van der Waals surface area (Å²) in [6.07, 6.45) is 0. The summed E-state index contributed by atoms with van der Waals surface area (Å²) in [6, 6.07) is 65.4. The predicted molar refractivity (Wildman–Crippen MR) is 213 cm³/mol. The van der Waals surface area contributed by atoms with Gasteiger partial charge < -0.3 is 14.2 Å². The molecular weight excluding hydrogens is 621 g/mol. The Hall–Kier alpha value is -6.84. The molecule has 0 N–H and O–H groups in total. The van der Waals surface area contributed by atoms with Gasteiger partial charge in [0.15, 0.2) is 11.5 Å². The molecule has 0 spiro atoms. The van der Waals surface area contributed by atoms with Gasteiger partial charge in [-0.05, 0) is 110 Å². The fourth-order valence-electron chi connectivity index (χ4n) is 8.29. The Balaban J connectivity index is 1.20. The van der Waals surface area contributed by atoms with Gasteiger partial charge in [-0.15, -0.1) is 0 Å². The molecule has 0 fully saturated rings. The van der Waals surface area contributed by atoms with Crippen LogP contribution in [-0.4, -0.2) is 4.57 Å². The van der Waals surface area contributed by atoms with Crippen molar-refractivity contribution in [3.63, 3.8) is 0 Å². The zero-order chi connectivity index (χ0) is 33.5. The molecule has 3 nitrogen and oxygen atoms in total. The fraction of sp³-hybridized carbons (Fsp3) is 0. The van der Waals surface area contributed by atoms with E-state index in [2.05, 4.69) is 185 Å². The summed E-state index contributed by atoms with van der Waals surface area (Å²) in [5.74, 6) is 1.70. The highest BCUT2D eigenvalue weighted by Crippen LogP contribution is 2.54. The Bertz CT molecular complexity index is 2960. The van der Waals surface area contributed by atoms with Crippen molar-refractivity contribution < 1.29 is 4.74 Å². The van der Waals surface area contributed by atoms with Gasteiger partial charge in [-0.1, -0.05) is 115 Å². The summed E-state index contributed by atoms with van der Waals surface area (Å²) in [6.45, 7) is 0. The van der Waals surface area contributed by atoms with Gasteiger partial charge in [-0.2, -0.15) is 0 Å². The van der Waals surface area contributed by atoms with Crippen LogP contribution >= 0.6 is 0 Å². The molecule has 51 heavy (non-hydrogen) atoms. The van der Waals surface area contributed by atoms with Crippen LogP contribution in [0.25, 0.3) is 70.9 Å². The zero-order valence-corrected chi connectivity index (χ0v) is 27.6. The molecule has 10 aromatic rings. The average Bonchev–Trinajstić information content (AvgIpc) is 3.54. The Morgan fingerprint density at radius 1 is 0.353 bits per heavy atom. The lowest BCUT2D eigenvalue weighted by Crippen LogP contribution is -2.15. The van der Waals surface area contributed by atoms with Crippen molar-refractivity contribution in [3.8, 4) is 28.3 Å². The molecule has 0 aliphatic carbocycles. The second-order valence-electron chi connectivity index (χ2n) is 13.3. The first-order chi connectivity index (χ1) is 25.3. The standard InChI is InChI=1S/C48H30N2O/c1-3-13-33(14-4-1)49-42-26-24-32(31-23-25-39-37-19-8-7-17-35(37)36-18-9-10-20-38(36)40(39)29-31)30-41(42)47-44(49)27-28-45-48(47)51-46-22-12-11-21-43(46)50(45)34-15-5-2-6-16-34/h1-30H. The molecule has 238 valence electrons. The van der Waals surface area contributed by atoms with Gasteiger partial charge >= 0.3 is 0 Å². The molecule has 1 aliphatic rings. The summed E-state index contributed by atoms with van der Waals surface area (Å²) in [4.78, 5) is 2.32. The number of anilines is 3. The smallest absolute Gasteiger partial charge is 0.161 e.